The van der Waals surface area contributed by atoms with Crippen LogP contribution in [-0.2, 0) is 22.5 Å². The zero-order chi connectivity index (χ0) is 22.9. The molecule has 1 heterocycles. The van der Waals surface area contributed by atoms with Crippen LogP contribution in [0.3, 0.4) is 0 Å². The number of cyclic esters (lactones) is 1. The Morgan fingerprint density at radius 2 is 1.75 bits per heavy atom. The summed E-state index contributed by atoms with van der Waals surface area (Å²) in [6, 6.07) is 13.1. The minimum atomic E-state index is -4.48. The first-order valence-corrected chi connectivity index (χ1v) is 10.2. The molecule has 1 atom stereocenters. The number of amides is 2. The molecule has 6 nitrogen and oxygen atoms in total. The second-order valence-electron chi connectivity index (χ2n) is 7.95. The molecule has 2 aliphatic rings. The molecule has 1 fully saturated rings. The van der Waals surface area contributed by atoms with Crippen molar-refractivity contribution >= 4 is 17.8 Å². The molecule has 1 N–H and O–H groups in total. The van der Waals surface area contributed by atoms with Crippen molar-refractivity contribution in [2.45, 2.75) is 44.1 Å². The lowest BCUT2D eigenvalue weighted by molar-refractivity contribution is -0.142. The Bertz CT molecular complexity index is 1030. The maximum atomic E-state index is 13.2. The van der Waals surface area contributed by atoms with Gasteiger partial charge < -0.3 is 15.0 Å². The summed E-state index contributed by atoms with van der Waals surface area (Å²) in [4.78, 5) is 39.0. The van der Waals surface area contributed by atoms with Gasteiger partial charge in [-0.05, 0) is 42.2 Å². The third-order valence-corrected chi connectivity index (χ3v) is 5.46. The number of hydrogen-bond acceptors (Lipinski definition) is 4. The standard InChI is InChI=1S/C23H21F3N2O4/c24-23(25,26)13-27-20(29)15-7-5-14(6-8-15)12-28(17-9-10-17)21(30)19-11-16-3-1-2-4-18(16)22(31)32-19/h1-8,17,19H,9-13H2,(H,27,29). The fraction of sp³-hybridized carbons (Fsp3) is 0.348. The first-order chi connectivity index (χ1) is 15.2. The van der Waals surface area contributed by atoms with Crippen molar-refractivity contribution in [3.05, 3.63) is 70.8 Å². The van der Waals surface area contributed by atoms with Crippen LogP contribution in [0.25, 0.3) is 0 Å². The maximum Gasteiger partial charge on any atom is 0.405 e. The molecule has 2 aromatic rings. The van der Waals surface area contributed by atoms with Crippen LogP contribution < -0.4 is 5.32 Å². The summed E-state index contributed by atoms with van der Waals surface area (Å²) in [6.45, 7) is -1.15. The molecule has 0 spiro atoms. The SMILES string of the molecule is O=C(NCC(F)(F)F)c1ccc(CN(C(=O)C2Cc3ccccc3C(=O)O2)C2CC2)cc1. The van der Waals surface area contributed by atoms with Crippen LogP contribution in [0.5, 0.6) is 0 Å². The van der Waals surface area contributed by atoms with Crippen molar-refractivity contribution in [1.82, 2.24) is 10.2 Å². The minimum Gasteiger partial charge on any atom is -0.448 e. The minimum absolute atomic E-state index is 0.0492. The largest absolute Gasteiger partial charge is 0.448 e. The van der Waals surface area contributed by atoms with Gasteiger partial charge in [-0.2, -0.15) is 13.2 Å². The molecule has 4 rings (SSSR count). The molecular weight excluding hydrogens is 425 g/mol. The summed E-state index contributed by atoms with van der Waals surface area (Å²) < 4.78 is 42.2. The van der Waals surface area contributed by atoms with Gasteiger partial charge >= 0.3 is 12.1 Å². The van der Waals surface area contributed by atoms with Crippen molar-refractivity contribution in [2.24, 2.45) is 0 Å². The number of esters is 1. The van der Waals surface area contributed by atoms with E-state index in [2.05, 4.69) is 0 Å². The normalized spacial score (nSPS) is 17.8. The van der Waals surface area contributed by atoms with E-state index in [1.54, 1.807) is 35.2 Å². The van der Waals surface area contributed by atoms with Crippen LogP contribution in [0.1, 0.15) is 44.7 Å². The van der Waals surface area contributed by atoms with Gasteiger partial charge in [0.05, 0.1) is 5.56 Å². The van der Waals surface area contributed by atoms with Gasteiger partial charge in [-0.15, -0.1) is 0 Å². The summed E-state index contributed by atoms with van der Waals surface area (Å²) >= 11 is 0. The number of nitrogens with one attached hydrogen (secondary N) is 1. The van der Waals surface area contributed by atoms with Crippen molar-refractivity contribution in [3.63, 3.8) is 0 Å². The van der Waals surface area contributed by atoms with Crippen LogP contribution in [0.15, 0.2) is 48.5 Å². The van der Waals surface area contributed by atoms with Crippen LogP contribution in [0.2, 0.25) is 0 Å². The first-order valence-electron chi connectivity index (χ1n) is 10.2. The Morgan fingerprint density at radius 1 is 1.06 bits per heavy atom. The lowest BCUT2D eigenvalue weighted by Gasteiger charge is -2.30. The number of alkyl halides is 3. The molecule has 0 bridgehead atoms. The third kappa shape index (κ3) is 5.09. The van der Waals surface area contributed by atoms with E-state index in [1.807, 2.05) is 11.4 Å². The smallest absolute Gasteiger partial charge is 0.405 e. The van der Waals surface area contributed by atoms with Gasteiger partial charge in [0.2, 0.25) is 0 Å². The number of rotatable bonds is 6. The Labute approximate surface area is 182 Å². The van der Waals surface area contributed by atoms with Crippen LogP contribution in [-0.4, -0.2) is 47.6 Å². The predicted octanol–water partition coefficient (Wildman–Crippen LogP) is 3.25. The molecule has 0 radical (unpaired) electrons. The molecule has 168 valence electrons. The highest BCUT2D eigenvalue weighted by molar-refractivity contribution is 5.96. The molecule has 32 heavy (non-hydrogen) atoms. The second-order valence-corrected chi connectivity index (χ2v) is 7.95. The van der Waals surface area contributed by atoms with Crippen LogP contribution >= 0.6 is 0 Å². The number of benzene rings is 2. The quantitative estimate of drug-likeness (QED) is 0.692. The first kappa shape index (κ1) is 21.9. The number of nitrogens with zero attached hydrogens (tertiary/aromatic N) is 1. The van der Waals surface area contributed by atoms with E-state index in [-0.39, 0.29) is 24.1 Å². The average Bonchev–Trinajstić information content (AvgIpc) is 3.60. The molecule has 2 amide bonds. The lowest BCUT2D eigenvalue weighted by atomic mass is 9.98. The van der Waals surface area contributed by atoms with Gasteiger partial charge in [-0.1, -0.05) is 30.3 Å². The van der Waals surface area contributed by atoms with Gasteiger partial charge in [-0.25, -0.2) is 4.79 Å². The predicted molar refractivity (Wildman–Crippen MR) is 108 cm³/mol. The van der Waals surface area contributed by atoms with E-state index in [0.29, 0.717) is 12.0 Å². The van der Waals surface area contributed by atoms with Crippen molar-refractivity contribution in [2.75, 3.05) is 6.54 Å². The monoisotopic (exact) mass is 446 g/mol. The fourth-order valence-corrected chi connectivity index (χ4v) is 3.67. The van der Waals surface area contributed by atoms with Gasteiger partial charge in [0.15, 0.2) is 6.10 Å². The molecule has 1 aliphatic carbocycles. The van der Waals surface area contributed by atoms with Crippen LogP contribution in [0.4, 0.5) is 13.2 Å². The van der Waals surface area contributed by atoms with E-state index in [1.165, 1.54) is 12.1 Å². The van der Waals surface area contributed by atoms with Crippen LogP contribution in [0, 0.1) is 0 Å². The second kappa shape index (κ2) is 8.64. The highest BCUT2D eigenvalue weighted by Crippen LogP contribution is 2.31. The fourth-order valence-electron chi connectivity index (χ4n) is 3.67. The lowest BCUT2D eigenvalue weighted by Crippen LogP contribution is -2.45. The Balaban J connectivity index is 1.42. The maximum absolute atomic E-state index is 13.2. The molecular formula is C23H21F3N2O4. The summed E-state index contributed by atoms with van der Waals surface area (Å²) in [7, 11) is 0. The number of ether oxygens (including phenoxy) is 1. The summed E-state index contributed by atoms with van der Waals surface area (Å²) in [6.07, 6.45) is -3.38. The molecule has 0 aromatic heterocycles. The molecule has 2 aromatic carbocycles. The van der Waals surface area contributed by atoms with E-state index in [9.17, 15) is 27.6 Å². The number of halogens is 3. The summed E-state index contributed by atoms with van der Waals surface area (Å²) in [5, 5.41) is 1.82. The van der Waals surface area contributed by atoms with Gasteiger partial charge in [0.25, 0.3) is 11.8 Å². The van der Waals surface area contributed by atoms with Gasteiger partial charge in [0, 0.05) is 24.6 Å². The highest BCUT2D eigenvalue weighted by Gasteiger charge is 2.39. The van der Waals surface area contributed by atoms with Crippen molar-refractivity contribution in [3.8, 4) is 0 Å². The van der Waals surface area contributed by atoms with E-state index >= 15 is 0 Å². The molecule has 9 heteroatoms. The molecule has 1 aliphatic heterocycles. The summed E-state index contributed by atoms with van der Waals surface area (Å²) in [5.41, 5.74) is 2.06. The Kier molecular flexibility index (Phi) is 5.90. The van der Waals surface area contributed by atoms with Crippen molar-refractivity contribution < 1.29 is 32.3 Å². The molecule has 0 saturated heterocycles. The number of carbonyl (C=O) groups is 3. The van der Waals surface area contributed by atoms with Gasteiger partial charge in [0.1, 0.15) is 6.54 Å². The van der Waals surface area contributed by atoms with Gasteiger partial charge in [-0.3, -0.25) is 9.59 Å². The van der Waals surface area contributed by atoms with Crippen molar-refractivity contribution in [1.29, 1.82) is 0 Å². The molecule has 1 saturated carbocycles. The Morgan fingerprint density at radius 3 is 2.41 bits per heavy atom. The summed E-state index contributed by atoms with van der Waals surface area (Å²) in [5.74, 6) is -1.62. The number of fused-ring (bicyclic) bond motifs is 1. The average molecular weight is 446 g/mol. The zero-order valence-corrected chi connectivity index (χ0v) is 17.0. The third-order valence-electron chi connectivity index (χ3n) is 5.46. The van der Waals surface area contributed by atoms with E-state index in [0.717, 1.165) is 24.0 Å². The van der Waals surface area contributed by atoms with E-state index < -0.39 is 30.7 Å². The topological polar surface area (TPSA) is 75.7 Å². The highest BCUT2D eigenvalue weighted by atomic mass is 19.4. The molecule has 1 unspecified atom stereocenters. The zero-order valence-electron chi connectivity index (χ0n) is 17.0. The Hall–Kier alpha value is -3.36. The van der Waals surface area contributed by atoms with E-state index in [4.69, 9.17) is 4.74 Å². The number of carbonyl (C=O) groups excluding carboxylic acids is 3. The number of hydrogen-bond donors (Lipinski definition) is 1.